The number of rotatable bonds is 2. The molecule has 3 nitrogen and oxygen atoms in total. The fourth-order valence-corrected chi connectivity index (χ4v) is 3.66. The average molecular weight is 239 g/mol. The maximum atomic E-state index is 11.9. The van der Waals surface area contributed by atoms with Gasteiger partial charge in [-0.3, -0.25) is 4.79 Å². The predicted molar refractivity (Wildman–Crippen MR) is 67.7 cm³/mol. The number of nitrogens with zero attached hydrogens (tertiary/aromatic N) is 1. The number of carbonyl (C=O) groups is 1. The van der Waals surface area contributed by atoms with E-state index in [-0.39, 0.29) is 11.9 Å². The molecule has 0 aromatic carbocycles. The van der Waals surface area contributed by atoms with E-state index >= 15 is 0 Å². The molecular formula is C14H25NO2. The Balaban J connectivity index is 2.03. The molecule has 0 spiro atoms. The van der Waals surface area contributed by atoms with E-state index in [9.17, 15) is 4.79 Å². The van der Waals surface area contributed by atoms with Crippen LogP contribution in [0.5, 0.6) is 0 Å². The van der Waals surface area contributed by atoms with Crippen LogP contribution < -0.4 is 0 Å². The van der Waals surface area contributed by atoms with Crippen molar-refractivity contribution in [1.29, 1.82) is 0 Å². The minimum absolute atomic E-state index is 0.00660. The molecule has 1 saturated heterocycles. The van der Waals surface area contributed by atoms with E-state index in [4.69, 9.17) is 4.74 Å². The minimum atomic E-state index is 0.00660. The van der Waals surface area contributed by atoms with Gasteiger partial charge < -0.3 is 9.64 Å². The van der Waals surface area contributed by atoms with Crippen LogP contribution in [-0.2, 0) is 9.53 Å². The van der Waals surface area contributed by atoms with Crippen LogP contribution in [0.15, 0.2) is 0 Å². The Kier molecular flexibility index (Phi) is 4.43. The molecule has 1 heterocycles. The van der Waals surface area contributed by atoms with Gasteiger partial charge in [0.05, 0.1) is 13.0 Å². The molecule has 1 saturated carbocycles. The summed E-state index contributed by atoms with van der Waals surface area (Å²) in [6, 6.07) is 0. The molecular weight excluding hydrogens is 214 g/mol. The zero-order valence-corrected chi connectivity index (χ0v) is 11.2. The first-order valence-corrected chi connectivity index (χ1v) is 6.98. The second-order valence-electron chi connectivity index (χ2n) is 5.74. The van der Waals surface area contributed by atoms with Crippen molar-refractivity contribution >= 4 is 5.97 Å². The highest BCUT2D eigenvalue weighted by Gasteiger charge is 2.38. The molecule has 1 aliphatic heterocycles. The smallest absolute Gasteiger partial charge is 0.310 e. The Bertz CT molecular complexity index is 261. The van der Waals surface area contributed by atoms with E-state index < -0.39 is 0 Å². The molecule has 2 aliphatic rings. The van der Waals surface area contributed by atoms with Crippen molar-refractivity contribution in [3.8, 4) is 0 Å². The van der Waals surface area contributed by atoms with Crippen LogP contribution in [0.25, 0.3) is 0 Å². The summed E-state index contributed by atoms with van der Waals surface area (Å²) in [4.78, 5) is 14.2. The van der Waals surface area contributed by atoms with E-state index in [2.05, 4.69) is 11.9 Å². The minimum Gasteiger partial charge on any atom is -0.469 e. The fourth-order valence-electron chi connectivity index (χ4n) is 3.66. The highest BCUT2D eigenvalue weighted by molar-refractivity contribution is 5.73. The monoisotopic (exact) mass is 239 g/mol. The van der Waals surface area contributed by atoms with Gasteiger partial charge in [0.2, 0.25) is 0 Å². The van der Waals surface area contributed by atoms with Gasteiger partial charge in [-0.2, -0.15) is 0 Å². The largest absolute Gasteiger partial charge is 0.469 e. The molecule has 17 heavy (non-hydrogen) atoms. The summed E-state index contributed by atoms with van der Waals surface area (Å²) >= 11 is 0. The van der Waals surface area contributed by atoms with Crippen LogP contribution in [0.2, 0.25) is 0 Å². The number of esters is 1. The van der Waals surface area contributed by atoms with Gasteiger partial charge in [0, 0.05) is 6.54 Å². The summed E-state index contributed by atoms with van der Waals surface area (Å²) in [6.45, 7) is 2.02. The van der Waals surface area contributed by atoms with Gasteiger partial charge in [0.1, 0.15) is 0 Å². The molecule has 2 rings (SSSR count). The van der Waals surface area contributed by atoms with Crippen LogP contribution in [-0.4, -0.2) is 38.1 Å². The third kappa shape index (κ3) is 3.01. The standard InChI is InChI=1S/C14H25NO2/c1-15-9-8-12(11-6-4-3-5-7-11)13(10-15)14(16)17-2/h11-13H,3-10H2,1-2H3. The quantitative estimate of drug-likeness (QED) is 0.693. The molecule has 0 aromatic heterocycles. The number of ether oxygens (including phenoxy) is 1. The SMILES string of the molecule is COC(=O)C1CN(C)CCC1C1CCCCC1. The number of carbonyl (C=O) groups excluding carboxylic acids is 1. The van der Waals surface area contributed by atoms with Crippen molar-refractivity contribution in [3.63, 3.8) is 0 Å². The lowest BCUT2D eigenvalue weighted by Crippen LogP contribution is -2.45. The summed E-state index contributed by atoms with van der Waals surface area (Å²) in [5.41, 5.74) is 0. The summed E-state index contributed by atoms with van der Waals surface area (Å²) in [6.07, 6.45) is 7.90. The maximum absolute atomic E-state index is 11.9. The van der Waals surface area contributed by atoms with Crippen LogP contribution in [0.1, 0.15) is 38.5 Å². The number of piperidine rings is 1. The highest BCUT2D eigenvalue weighted by atomic mass is 16.5. The van der Waals surface area contributed by atoms with Crippen molar-refractivity contribution in [2.45, 2.75) is 38.5 Å². The Morgan fingerprint density at radius 3 is 2.53 bits per heavy atom. The number of hydrogen-bond donors (Lipinski definition) is 0. The summed E-state index contributed by atoms with van der Waals surface area (Å²) in [5.74, 6) is 1.45. The third-order valence-corrected chi connectivity index (χ3v) is 4.63. The molecule has 0 aromatic rings. The lowest BCUT2D eigenvalue weighted by atomic mass is 9.71. The van der Waals surface area contributed by atoms with E-state index in [1.54, 1.807) is 0 Å². The zero-order chi connectivity index (χ0) is 12.3. The first-order chi connectivity index (χ1) is 8.22. The van der Waals surface area contributed by atoms with Gasteiger partial charge in [-0.1, -0.05) is 32.1 Å². The predicted octanol–water partition coefficient (Wildman–Crippen LogP) is 2.31. The summed E-state index contributed by atoms with van der Waals surface area (Å²) in [7, 11) is 3.63. The molecule has 2 fully saturated rings. The van der Waals surface area contributed by atoms with Crippen molar-refractivity contribution in [2.24, 2.45) is 17.8 Å². The molecule has 98 valence electrons. The van der Waals surface area contributed by atoms with Crippen molar-refractivity contribution in [2.75, 3.05) is 27.2 Å². The lowest BCUT2D eigenvalue weighted by Gasteiger charge is -2.40. The molecule has 1 aliphatic carbocycles. The maximum Gasteiger partial charge on any atom is 0.310 e. The molecule has 0 N–H and O–H groups in total. The zero-order valence-electron chi connectivity index (χ0n) is 11.2. The third-order valence-electron chi connectivity index (χ3n) is 4.63. The number of methoxy groups -OCH3 is 1. The summed E-state index contributed by atoms with van der Waals surface area (Å²) in [5, 5.41) is 0. The Morgan fingerprint density at radius 2 is 1.88 bits per heavy atom. The second kappa shape index (κ2) is 5.85. The Morgan fingerprint density at radius 1 is 1.18 bits per heavy atom. The Hall–Kier alpha value is -0.570. The Labute approximate surface area is 105 Å². The van der Waals surface area contributed by atoms with Crippen LogP contribution >= 0.6 is 0 Å². The normalized spacial score (nSPS) is 32.4. The topological polar surface area (TPSA) is 29.5 Å². The summed E-state index contributed by atoms with van der Waals surface area (Å²) < 4.78 is 4.99. The first-order valence-electron chi connectivity index (χ1n) is 6.98. The molecule has 3 heteroatoms. The van der Waals surface area contributed by atoms with Gasteiger partial charge in [-0.15, -0.1) is 0 Å². The van der Waals surface area contributed by atoms with E-state index in [1.807, 2.05) is 0 Å². The van der Waals surface area contributed by atoms with Crippen molar-refractivity contribution in [1.82, 2.24) is 4.90 Å². The number of hydrogen-bond acceptors (Lipinski definition) is 3. The van der Waals surface area contributed by atoms with Crippen molar-refractivity contribution < 1.29 is 9.53 Å². The van der Waals surface area contributed by atoms with Crippen LogP contribution in [0.3, 0.4) is 0 Å². The van der Waals surface area contributed by atoms with Crippen LogP contribution in [0.4, 0.5) is 0 Å². The van der Waals surface area contributed by atoms with E-state index in [0.717, 1.165) is 19.0 Å². The van der Waals surface area contributed by atoms with Gasteiger partial charge in [-0.25, -0.2) is 0 Å². The van der Waals surface area contributed by atoms with E-state index in [1.165, 1.54) is 45.6 Å². The highest BCUT2D eigenvalue weighted by Crippen LogP contribution is 2.38. The molecule has 0 radical (unpaired) electrons. The average Bonchev–Trinajstić information content (AvgIpc) is 2.38. The first kappa shape index (κ1) is 12.9. The molecule has 2 unspecified atom stereocenters. The van der Waals surface area contributed by atoms with Crippen molar-refractivity contribution in [3.05, 3.63) is 0 Å². The lowest BCUT2D eigenvalue weighted by molar-refractivity contribution is -0.151. The molecule has 2 atom stereocenters. The van der Waals surface area contributed by atoms with E-state index in [0.29, 0.717) is 5.92 Å². The fraction of sp³-hybridized carbons (Fsp3) is 0.929. The van der Waals surface area contributed by atoms with Gasteiger partial charge in [0.25, 0.3) is 0 Å². The van der Waals surface area contributed by atoms with Crippen LogP contribution in [0, 0.1) is 17.8 Å². The molecule has 0 amide bonds. The second-order valence-corrected chi connectivity index (χ2v) is 5.74. The van der Waals surface area contributed by atoms with Gasteiger partial charge >= 0.3 is 5.97 Å². The van der Waals surface area contributed by atoms with Gasteiger partial charge in [0.15, 0.2) is 0 Å². The van der Waals surface area contributed by atoms with Gasteiger partial charge in [-0.05, 0) is 31.8 Å². The molecule has 0 bridgehead atoms. The number of likely N-dealkylation sites (tertiary alicyclic amines) is 1.